The minimum absolute atomic E-state index is 0.358. The first-order chi connectivity index (χ1) is 9.02. The van der Waals surface area contributed by atoms with Gasteiger partial charge in [-0.1, -0.05) is 19.1 Å². The Kier molecular flexibility index (Phi) is 6.85. The number of benzene rings is 1. The fraction of sp³-hybridized carbons (Fsp3) is 0.538. The van der Waals surface area contributed by atoms with Gasteiger partial charge in [-0.25, -0.2) is 12.7 Å². The summed E-state index contributed by atoms with van der Waals surface area (Å²) in [6, 6.07) is 7.07. The molecule has 1 rings (SSSR count). The number of hydrogen-bond donors (Lipinski definition) is 1. The lowest BCUT2D eigenvalue weighted by molar-refractivity contribution is 0.488. The first-order valence-electron chi connectivity index (χ1n) is 6.27. The van der Waals surface area contributed by atoms with Gasteiger partial charge in [-0.3, -0.25) is 0 Å². The molecule has 0 aromatic heterocycles. The first kappa shape index (κ1) is 16.5. The summed E-state index contributed by atoms with van der Waals surface area (Å²) in [5, 5.41) is 3.21. The zero-order valence-electron chi connectivity index (χ0n) is 11.7. The molecule has 4 nitrogen and oxygen atoms in total. The maximum absolute atomic E-state index is 12.3. The second kappa shape index (κ2) is 7.89. The van der Waals surface area contributed by atoms with E-state index in [2.05, 4.69) is 5.32 Å². The summed E-state index contributed by atoms with van der Waals surface area (Å²) < 4.78 is 25.9. The molecule has 0 unspecified atom stereocenters. The van der Waals surface area contributed by atoms with Crippen LogP contribution in [0.1, 0.15) is 12.5 Å². The molecule has 0 atom stereocenters. The lowest BCUT2D eigenvalue weighted by atomic mass is 10.2. The van der Waals surface area contributed by atoms with Crippen LogP contribution in [0.15, 0.2) is 29.2 Å². The highest BCUT2D eigenvalue weighted by Crippen LogP contribution is 2.15. The van der Waals surface area contributed by atoms with Gasteiger partial charge in [-0.05, 0) is 30.5 Å². The molecule has 0 spiro atoms. The summed E-state index contributed by atoms with van der Waals surface area (Å²) in [5.74, 6) is 0.800. The number of hydrogen-bond acceptors (Lipinski definition) is 4. The van der Waals surface area contributed by atoms with Crippen molar-refractivity contribution in [3.05, 3.63) is 29.8 Å². The molecule has 19 heavy (non-hydrogen) atoms. The van der Waals surface area contributed by atoms with Gasteiger partial charge in [0, 0.05) is 25.9 Å². The monoisotopic (exact) mass is 302 g/mol. The summed E-state index contributed by atoms with van der Waals surface area (Å²) in [7, 11) is -1.73. The number of thioether (sulfide) groups is 1. The molecule has 6 heteroatoms. The predicted octanol–water partition coefficient (Wildman–Crippen LogP) is 1.78. The van der Waals surface area contributed by atoms with Crippen molar-refractivity contribution in [1.82, 2.24) is 9.62 Å². The smallest absolute Gasteiger partial charge is 0.242 e. The van der Waals surface area contributed by atoms with Gasteiger partial charge in [0.05, 0.1) is 4.90 Å². The predicted molar refractivity (Wildman–Crippen MR) is 82.0 cm³/mol. The van der Waals surface area contributed by atoms with Gasteiger partial charge >= 0.3 is 0 Å². The Morgan fingerprint density at radius 1 is 1.26 bits per heavy atom. The Bertz CT molecular complexity index is 472. The standard InChI is InChI=1S/C13H22N2O2S2/c1-4-14-11-12-5-7-13(8-6-12)19(16,17)15(2)9-10-18-3/h5-8,14H,4,9-11H2,1-3H3. The summed E-state index contributed by atoms with van der Waals surface area (Å²) in [4.78, 5) is 0.358. The van der Waals surface area contributed by atoms with Crippen molar-refractivity contribution in [3.8, 4) is 0 Å². The maximum Gasteiger partial charge on any atom is 0.242 e. The van der Waals surface area contributed by atoms with Gasteiger partial charge in [-0.2, -0.15) is 11.8 Å². The molecular weight excluding hydrogens is 280 g/mol. The molecule has 1 aromatic carbocycles. The highest BCUT2D eigenvalue weighted by atomic mass is 32.2. The second-order valence-corrected chi connectivity index (χ2v) is 7.27. The molecule has 0 amide bonds. The minimum Gasteiger partial charge on any atom is -0.313 e. The van der Waals surface area contributed by atoms with Gasteiger partial charge < -0.3 is 5.32 Å². The zero-order valence-corrected chi connectivity index (χ0v) is 13.4. The molecule has 0 aliphatic heterocycles. The summed E-state index contributed by atoms with van der Waals surface area (Å²) in [5.41, 5.74) is 1.09. The average Bonchev–Trinajstić information content (AvgIpc) is 2.42. The molecular formula is C13H22N2O2S2. The number of rotatable bonds is 8. The third-order valence-corrected chi connectivity index (χ3v) is 5.28. The van der Waals surface area contributed by atoms with Crippen LogP contribution in [0.3, 0.4) is 0 Å². The average molecular weight is 302 g/mol. The van der Waals surface area contributed by atoms with E-state index in [1.54, 1.807) is 30.9 Å². The van der Waals surface area contributed by atoms with Crippen LogP contribution in [0.5, 0.6) is 0 Å². The molecule has 1 aromatic rings. The molecule has 108 valence electrons. The Morgan fingerprint density at radius 3 is 2.42 bits per heavy atom. The molecule has 0 heterocycles. The lowest BCUT2D eigenvalue weighted by Gasteiger charge is -2.16. The summed E-state index contributed by atoms with van der Waals surface area (Å²) in [6.45, 7) is 4.23. The maximum atomic E-state index is 12.3. The van der Waals surface area contributed by atoms with E-state index in [0.717, 1.165) is 24.4 Å². The fourth-order valence-electron chi connectivity index (χ4n) is 1.57. The fourth-order valence-corrected chi connectivity index (χ4v) is 3.31. The van der Waals surface area contributed by atoms with Crippen LogP contribution in [-0.4, -0.2) is 44.9 Å². The van der Waals surface area contributed by atoms with Crippen molar-refractivity contribution < 1.29 is 8.42 Å². The quantitative estimate of drug-likeness (QED) is 0.795. The van der Waals surface area contributed by atoms with E-state index in [1.165, 1.54) is 4.31 Å². The minimum atomic E-state index is -3.35. The van der Waals surface area contributed by atoms with E-state index < -0.39 is 10.0 Å². The van der Waals surface area contributed by atoms with Crippen molar-refractivity contribution in [2.45, 2.75) is 18.4 Å². The first-order valence-corrected chi connectivity index (χ1v) is 9.10. The van der Waals surface area contributed by atoms with Gasteiger partial charge in [0.2, 0.25) is 10.0 Å². The van der Waals surface area contributed by atoms with E-state index in [0.29, 0.717) is 11.4 Å². The third kappa shape index (κ3) is 4.80. The van der Waals surface area contributed by atoms with Crippen LogP contribution >= 0.6 is 11.8 Å². The number of nitrogens with one attached hydrogen (secondary N) is 1. The molecule has 1 N–H and O–H groups in total. The van der Waals surface area contributed by atoms with Crippen LogP contribution in [0, 0.1) is 0 Å². The van der Waals surface area contributed by atoms with Crippen molar-refractivity contribution >= 4 is 21.8 Å². The van der Waals surface area contributed by atoms with Crippen LogP contribution in [0.25, 0.3) is 0 Å². The van der Waals surface area contributed by atoms with Crippen LogP contribution in [0.2, 0.25) is 0 Å². The normalized spacial score (nSPS) is 12.0. The largest absolute Gasteiger partial charge is 0.313 e. The van der Waals surface area contributed by atoms with Crippen molar-refractivity contribution in [2.24, 2.45) is 0 Å². The Morgan fingerprint density at radius 2 is 1.89 bits per heavy atom. The Labute approximate surface area is 120 Å². The van der Waals surface area contributed by atoms with Crippen molar-refractivity contribution in [3.63, 3.8) is 0 Å². The Balaban J connectivity index is 2.78. The molecule has 0 fully saturated rings. The summed E-state index contributed by atoms with van der Waals surface area (Å²) >= 11 is 1.64. The Hall–Kier alpha value is -0.560. The third-order valence-electron chi connectivity index (χ3n) is 2.82. The van der Waals surface area contributed by atoms with Gasteiger partial charge in [0.1, 0.15) is 0 Å². The lowest BCUT2D eigenvalue weighted by Crippen LogP contribution is -2.29. The van der Waals surface area contributed by atoms with E-state index in [-0.39, 0.29) is 0 Å². The summed E-state index contributed by atoms with van der Waals surface area (Å²) in [6.07, 6.45) is 1.97. The molecule has 0 saturated carbocycles. The van der Waals surface area contributed by atoms with E-state index >= 15 is 0 Å². The van der Waals surface area contributed by atoms with Gasteiger partial charge in [-0.15, -0.1) is 0 Å². The molecule has 0 bridgehead atoms. The highest BCUT2D eigenvalue weighted by Gasteiger charge is 2.19. The molecule has 0 aliphatic carbocycles. The van der Waals surface area contributed by atoms with Gasteiger partial charge in [0.15, 0.2) is 0 Å². The number of sulfonamides is 1. The van der Waals surface area contributed by atoms with Crippen LogP contribution < -0.4 is 5.32 Å². The zero-order chi connectivity index (χ0) is 14.3. The van der Waals surface area contributed by atoms with Gasteiger partial charge in [0.25, 0.3) is 0 Å². The second-order valence-electron chi connectivity index (χ2n) is 4.24. The topological polar surface area (TPSA) is 49.4 Å². The molecule has 0 saturated heterocycles. The van der Waals surface area contributed by atoms with Crippen molar-refractivity contribution in [1.29, 1.82) is 0 Å². The van der Waals surface area contributed by atoms with Crippen LogP contribution in [0.4, 0.5) is 0 Å². The van der Waals surface area contributed by atoms with E-state index in [9.17, 15) is 8.42 Å². The van der Waals surface area contributed by atoms with E-state index in [4.69, 9.17) is 0 Å². The number of nitrogens with zero attached hydrogens (tertiary/aromatic N) is 1. The van der Waals surface area contributed by atoms with Crippen molar-refractivity contribution in [2.75, 3.05) is 32.1 Å². The highest BCUT2D eigenvalue weighted by molar-refractivity contribution is 7.98. The molecule has 0 aliphatic rings. The van der Waals surface area contributed by atoms with Crippen LogP contribution in [-0.2, 0) is 16.6 Å². The SMILES string of the molecule is CCNCc1ccc(S(=O)(=O)N(C)CCSC)cc1. The molecule has 0 radical (unpaired) electrons. The van der Waals surface area contributed by atoms with E-state index in [1.807, 2.05) is 25.3 Å².